The first-order chi connectivity index (χ1) is 32.3. The molecular formula is C49H47F4N7O7S. The maximum Gasteiger partial charge on any atom is 0.417 e. The molecule has 68 heavy (non-hydrogen) atoms. The molecule has 1 unspecified atom stereocenters. The Labute approximate surface area is 394 Å². The zero-order valence-corrected chi connectivity index (χ0v) is 38.2. The Kier molecular flexibility index (Phi) is 10.8. The van der Waals surface area contributed by atoms with E-state index < -0.39 is 70.1 Å². The topological polar surface area (TPSA) is 164 Å². The molecule has 7 aliphatic rings. The van der Waals surface area contributed by atoms with Gasteiger partial charge in [0.2, 0.25) is 11.8 Å². The van der Waals surface area contributed by atoms with Gasteiger partial charge in [0.1, 0.15) is 23.1 Å². The van der Waals surface area contributed by atoms with Crippen molar-refractivity contribution in [2.75, 3.05) is 42.6 Å². The largest absolute Gasteiger partial charge is 0.492 e. The van der Waals surface area contributed by atoms with Crippen LogP contribution in [0.2, 0.25) is 0 Å². The first-order valence-electron chi connectivity index (χ1n) is 22.9. The van der Waals surface area contributed by atoms with Gasteiger partial charge in [0.05, 0.1) is 46.2 Å². The van der Waals surface area contributed by atoms with Gasteiger partial charge in [-0.05, 0) is 151 Å². The van der Waals surface area contributed by atoms with Crippen LogP contribution in [0, 0.1) is 22.6 Å². The Morgan fingerprint density at radius 3 is 2.15 bits per heavy atom. The Balaban J connectivity index is 0.741. The van der Waals surface area contributed by atoms with Crippen LogP contribution in [0.1, 0.15) is 126 Å². The SMILES string of the molecule is CC1(C)C(=O)N(c2ccc(C#N)c(C(F)(F)F)c2)C(=S)N1c1ccc(C(=O)N2CCC3(CCC(N4CCC5(CC4)COc4cc6c(cc45)C(=O)N(C4CCC(=O)NC4=O)C6=O)CC3)CC2)c(F)c1. The Hall–Kier alpha value is -6.26. The van der Waals surface area contributed by atoms with Gasteiger partial charge in [-0.25, -0.2) is 4.39 Å². The highest BCUT2D eigenvalue weighted by atomic mass is 32.1. The molecule has 0 radical (unpaired) electrons. The van der Waals surface area contributed by atoms with E-state index in [0.717, 1.165) is 92.0 Å². The first-order valence-corrected chi connectivity index (χ1v) is 23.3. The molecule has 1 atom stereocenters. The summed E-state index contributed by atoms with van der Waals surface area (Å²) in [5.74, 6) is -3.51. The number of nitrogens with zero attached hydrogens (tertiary/aromatic N) is 6. The summed E-state index contributed by atoms with van der Waals surface area (Å²) in [6, 6.07) is 11.1. The highest BCUT2D eigenvalue weighted by molar-refractivity contribution is 7.81. The molecule has 6 amide bonds. The van der Waals surface area contributed by atoms with E-state index in [4.69, 9.17) is 17.0 Å². The van der Waals surface area contributed by atoms with Gasteiger partial charge in [0, 0.05) is 42.2 Å². The zero-order chi connectivity index (χ0) is 48.2. The number of piperidine rings is 3. The van der Waals surface area contributed by atoms with Gasteiger partial charge in [-0.1, -0.05) is 0 Å². The van der Waals surface area contributed by atoms with E-state index >= 15 is 4.39 Å². The van der Waals surface area contributed by atoms with Gasteiger partial charge < -0.3 is 19.4 Å². The maximum absolute atomic E-state index is 16.0. The van der Waals surface area contributed by atoms with Crippen molar-refractivity contribution in [2.45, 2.75) is 107 Å². The van der Waals surface area contributed by atoms with Crippen LogP contribution in [0.3, 0.4) is 0 Å². The van der Waals surface area contributed by atoms with Gasteiger partial charge in [0.15, 0.2) is 5.11 Å². The lowest BCUT2D eigenvalue weighted by Crippen LogP contribution is -2.54. The zero-order valence-electron chi connectivity index (χ0n) is 37.3. The molecule has 3 aromatic carbocycles. The van der Waals surface area contributed by atoms with Gasteiger partial charge in [0.25, 0.3) is 23.6 Å². The summed E-state index contributed by atoms with van der Waals surface area (Å²) in [5, 5.41) is 11.3. The molecule has 10 rings (SSSR count). The number of fused-ring (bicyclic) bond motifs is 3. The fourth-order valence-electron chi connectivity index (χ4n) is 11.8. The molecule has 0 aromatic heterocycles. The molecule has 0 bridgehead atoms. The average Bonchev–Trinajstić information content (AvgIpc) is 3.84. The summed E-state index contributed by atoms with van der Waals surface area (Å²) in [7, 11) is 0. The number of halogens is 4. The van der Waals surface area contributed by atoms with Gasteiger partial charge >= 0.3 is 6.18 Å². The van der Waals surface area contributed by atoms with E-state index in [1.54, 1.807) is 17.0 Å². The van der Waals surface area contributed by atoms with Crippen molar-refractivity contribution in [1.82, 2.24) is 20.0 Å². The number of hydrogen-bond donors (Lipinski definition) is 1. The normalized spacial score (nSPS) is 23.6. The molecule has 1 aliphatic carbocycles. The third-order valence-electron chi connectivity index (χ3n) is 15.8. The third kappa shape index (κ3) is 7.24. The minimum absolute atomic E-state index is 0.0464. The van der Waals surface area contributed by atoms with Crippen LogP contribution in [0.15, 0.2) is 48.5 Å². The molecule has 14 nitrogen and oxygen atoms in total. The summed E-state index contributed by atoms with van der Waals surface area (Å²) >= 11 is 5.61. The number of nitriles is 1. The van der Waals surface area contributed by atoms with Crippen LogP contribution in [0.25, 0.3) is 0 Å². The van der Waals surface area contributed by atoms with Crippen molar-refractivity contribution in [3.63, 3.8) is 0 Å². The van der Waals surface area contributed by atoms with E-state index in [1.807, 2.05) is 0 Å². The molecule has 354 valence electrons. The van der Waals surface area contributed by atoms with Crippen molar-refractivity contribution >= 4 is 64.1 Å². The summed E-state index contributed by atoms with van der Waals surface area (Å²) in [6.45, 7) is 6.11. The Morgan fingerprint density at radius 1 is 0.853 bits per heavy atom. The lowest BCUT2D eigenvalue weighted by atomic mass is 9.66. The highest BCUT2D eigenvalue weighted by Crippen LogP contribution is 2.51. The van der Waals surface area contributed by atoms with Gasteiger partial charge in [-0.3, -0.25) is 43.9 Å². The fraction of sp³-hybridized carbons (Fsp3) is 0.469. The monoisotopic (exact) mass is 953 g/mol. The van der Waals surface area contributed by atoms with E-state index in [0.29, 0.717) is 37.6 Å². The molecular weight excluding hydrogens is 907 g/mol. The second kappa shape index (κ2) is 16.2. The van der Waals surface area contributed by atoms with Crippen LogP contribution in [0.4, 0.5) is 28.9 Å². The number of amides is 6. The lowest BCUT2D eigenvalue weighted by Gasteiger charge is -2.49. The number of likely N-dealkylation sites (tertiary alicyclic amines) is 2. The molecule has 3 aromatic rings. The number of carbonyl (C=O) groups excluding carboxylic acids is 6. The minimum atomic E-state index is -4.86. The maximum atomic E-state index is 16.0. The number of nitrogens with one attached hydrogen (secondary N) is 1. The second-order valence-corrected chi connectivity index (χ2v) is 20.2. The van der Waals surface area contributed by atoms with Crippen molar-refractivity contribution in [2.24, 2.45) is 5.41 Å². The van der Waals surface area contributed by atoms with Crippen LogP contribution in [-0.2, 0) is 26.0 Å². The molecule has 1 N–H and O–H groups in total. The standard InChI is InChI=1S/C49H47F4N7O7S/c1-46(2)44(66)58(29-4-3-27(25-54)34(21-29)49(51,52)53)45(68)60(46)30-5-6-31(36(50)22-30)41(63)57-17-13-47(14-18-57)11-9-28(10-12-47)56-19-15-48(16-20-56)26-67-38-24-33-32(23-35(38)48)42(64)59(43(33)65)37-7-8-39(61)55-40(37)62/h3-6,21-24,28,37H,7-20,26H2,1-2H3,(H,55,61,62). The molecule has 5 fully saturated rings. The van der Waals surface area contributed by atoms with Gasteiger partial charge in [-0.2, -0.15) is 18.4 Å². The minimum Gasteiger partial charge on any atom is -0.492 e. The van der Waals surface area contributed by atoms with Crippen molar-refractivity contribution in [3.8, 4) is 11.8 Å². The average molecular weight is 954 g/mol. The second-order valence-electron chi connectivity index (χ2n) is 19.8. The predicted octanol–water partition coefficient (Wildman–Crippen LogP) is 6.63. The van der Waals surface area contributed by atoms with E-state index in [2.05, 4.69) is 10.2 Å². The number of thiocarbonyl (C=S) groups is 1. The molecule has 4 saturated heterocycles. The Morgan fingerprint density at radius 2 is 1.51 bits per heavy atom. The van der Waals surface area contributed by atoms with E-state index in [-0.39, 0.29) is 56.8 Å². The van der Waals surface area contributed by atoms with Crippen LogP contribution < -0.4 is 19.9 Å². The predicted molar refractivity (Wildman–Crippen MR) is 240 cm³/mol. The quantitative estimate of drug-likeness (QED) is 0.166. The number of carbonyl (C=O) groups is 6. The van der Waals surface area contributed by atoms with E-state index in [9.17, 15) is 47.2 Å². The van der Waals surface area contributed by atoms with Crippen LogP contribution in [0.5, 0.6) is 5.75 Å². The summed E-state index contributed by atoms with van der Waals surface area (Å²) < 4.78 is 63.6. The molecule has 19 heteroatoms. The summed E-state index contributed by atoms with van der Waals surface area (Å²) in [6.07, 6.45) is 2.50. The number of alkyl halides is 3. The number of anilines is 2. The van der Waals surface area contributed by atoms with Crippen LogP contribution in [-0.4, -0.2) is 106 Å². The third-order valence-corrected chi connectivity index (χ3v) is 16.2. The van der Waals surface area contributed by atoms with E-state index in [1.165, 1.54) is 43.0 Å². The summed E-state index contributed by atoms with van der Waals surface area (Å²) in [5.41, 5.74) is -2.29. The summed E-state index contributed by atoms with van der Waals surface area (Å²) in [4.78, 5) is 86.3. The Bertz CT molecular complexity index is 2780. The van der Waals surface area contributed by atoms with Crippen molar-refractivity contribution in [3.05, 3.63) is 87.7 Å². The number of imide groups is 2. The highest BCUT2D eigenvalue weighted by Gasteiger charge is 2.53. The number of benzene rings is 3. The number of rotatable bonds is 5. The van der Waals surface area contributed by atoms with Crippen molar-refractivity contribution in [1.29, 1.82) is 5.26 Å². The first kappa shape index (κ1) is 45.5. The smallest absolute Gasteiger partial charge is 0.417 e. The van der Waals surface area contributed by atoms with Gasteiger partial charge in [-0.15, -0.1) is 0 Å². The molecule has 1 saturated carbocycles. The van der Waals surface area contributed by atoms with Crippen molar-refractivity contribution < 1.29 is 51.1 Å². The molecule has 6 heterocycles. The molecule has 2 spiro atoms. The fourth-order valence-corrected chi connectivity index (χ4v) is 12.3. The molecule has 6 aliphatic heterocycles. The lowest BCUT2D eigenvalue weighted by molar-refractivity contribution is -0.138. The number of hydrogen-bond acceptors (Lipinski definition) is 10. The number of ether oxygens (including phenoxy) is 1. The van der Waals surface area contributed by atoms with Crippen LogP contribution >= 0.6 is 12.2 Å².